The number of rotatable bonds is 5. The third kappa shape index (κ3) is 4.65. The molecule has 0 saturated carbocycles. The summed E-state index contributed by atoms with van der Waals surface area (Å²) in [7, 11) is 0. The lowest BCUT2D eigenvalue weighted by atomic mass is 10.1. The molecule has 0 unspecified atom stereocenters. The number of aromatic amines is 1. The van der Waals surface area contributed by atoms with E-state index >= 15 is 0 Å². The number of allylic oxidation sites excluding steroid dienone is 1. The van der Waals surface area contributed by atoms with Crippen LogP contribution in [0.4, 0.5) is 0 Å². The van der Waals surface area contributed by atoms with Gasteiger partial charge in [0, 0.05) is 5.56 Å². The molecule has 0 aliphatic rings. The SMILES string of the molecule is O=C(N/N=C/C(Cl)=C/c1ccccc1)c1cc(-c2ccccc2)n[nH]1. The van der Waals surface area contributed by atoms with Crippen molar-refractivity contribution < 1.29 is 4.79 Å². The average Bonchev–Trinajstić information content (AvgIpc) is 3.13. The Morgan fingerprint density at radius 2 is 1.76 bits per heavy atom. The molecule has 0 aliphatic heterocycles. The lowest BCUT2D eigenvalue weighted by Gasteiger charge is -1.96. The summed E-state index contributed by atoms with van der Waals surface area (Å²) in [4.78, 5) is 12.1. The first-order valence-corrected chi connectivity index (χ1v) is 7.96. The fraction of sp³-hybridized carbons (Fsp3) is 0. The van der Waals surface area contributed by atoms with Gasteiger partial charge in [-0.3, -0.25) is 9.89 Å². The number of H-pyrrole nitrogens is 1. The molecular formula is C19H15ClN4O. The van der Waals surface area contributed by atoms with Crippen LogP contribution >= 0.6 is 11.6 Å². The largest absolute Gasteiger partial charge is 0.289 e. The van der Waals surface area contributed by atoms with Crippen molar-refractivity contribution in [2.24, 2.45) is 5.10 Å². The zero-order chi connectivity index (χ0) is 17.5. The zero-order valence-corrected chi connectivity index (χ0v) is 13.9. The predicted octanol–water partition coefficient (Wildman–Crippen LogP) is 4.07. The fourth-order valence-electron chi connectivity index (χ4n) is 2.15. The third-order valence-corrected chi connectivity index (χ3v) is 3.56. The van der Waals surface area contributed by atoms with Crippen molar-refractivity contribution in [3.8, 4) is 11.3 Å². The molecule has 6 heteroatoms. The summed E-state index contributed by atoms with van der Waals surface area (Å²) in [5.41, 5.74) is 5.30. The Bertz CT molecular complexity index is 901. The quantitative estimate of drug-likeness (QED) is 0.538. The minimum Gasteiger partial charge on any atom is -0.272 e. The van der Waals surface area contributed by atoms with Crippen molar-refractivity contribution in [1.29, 1.82) is 0 Å². The Hall–Kier alpha value is -3.18. The molecule has 0 saturated heterocycles. The van der Waals surface area contributed by atoms with Crippen LogP contribution in [0.25, 0.3) is 17.3 Å². The van der Waals surface area contributed by atoms with Crippen molar-refractivity contribution in [2.75, 3.05) is 0 Å². The highest BCUT2D eigenvalue weighted by Crippen LogP contribution is 2.16. The number of benzene rings is 2. The summed E-state index contributed by atoms with van der Waals surface area (Å²) < 4.78 is 0. The highest BCUT2D eigenvalue weighted by atomic mass is 35.5. The third-order valence-electron chi connectivity index (χ3n) is 3.35. The number of hydrogen-bond acceptors (Lipinski definition) is 3. The summed E-state index contributed by atoms with van der Waals surface area (Å²) in [6.07, 6.45) is 3.13. The summed E-state index contributed by atoms with van der Waals surface area (Å²) in [5, 5.41) is 11.1. The summed E-state index contributed by atoms with van der Waals surface area (Å²) >= 11 is 6.07. The average molecular weight is 351 g/mol. The second-order valence-corrected chi connectivity index (χ2v) is 5.61. The first kappa shape index (κ1) is 16.7. The molecule has 0 spiro atoms. The van der Waals surface area contributed by atoms with E-state index in [-0.39, 0.29) is 0 Å². The summed E-state index contributed by atoms with van der Waals surface area (Å²) in [5.74, 6) is -0.393. The van der Waals surface area contributed by atoms with Gasteiger partial charge < -0.3 is 0 Å². The molecular weight excluding hydrogens is 336 g/mol. The molecule has 1 heterocycles. The number of hydrogen-bond donors (Lipinski definition) is 2. The van der Waals surface area contributed by atoms with Crippen LogP contribution in [0.1, 0.15) is 16.1 Å². The molecule has 3 rings (SSSR count). The van der Waals surface area contributed by atoms with Gasteiger partial charge in [-0.2, -0.15) is 10.2 Å². The lowest BCUT2D eigenvalue weighted by Crippen LogP contribution is -2.17. The number of amides is 1. The minimum atomic E-state index is -0.393. The second-order valence-electron chi connectivity index (χ2n) is 5.17. The Labute approximate surface area is 150 Å². The number of aromatic nitrogens is 2. The van der Waals surface area contributed by atoms with Crippen molar-refractivity contribution in [3.05, 3.63) is 83.0 Å². The number of halogens is 1. The molecule has 3 aromatic rings. The van der Waals surface area contributed by atoms with E-state index in [0.29, 0.717) is 16.4 Å². The molecule has 0 bridgehead atoms. The van der Waals surface area contributed by atoms with Crippen LogP contribution in [0.5, 0.6) is 0 Å². The molecule has 2 N–H and O–H groups in total. The van der Waals surface area contributed by atoms with E-state index in [1.165, 1.54) is 6.21 Å². The van der Waals surface area contributed by atoms with Gasteiger partial charge in [0.05, 0.1) is 16.9 Å². The number of nitrogens with one attached hydrogen (secondary N) is 2. The van der Waals surface area contributed by atoms with Gasteiger partial charge in [-0.05, 0) is 17.7 Å². The van der Waals surface area contributed by atoms with Crippen molar-refractivity contribution in [2.45, 2.75) is 0 Å². The van der Waals surface area contributed by atoms with E-state index in [2.05, 4.69) is 20.7 Å². The highest BCUT2D eigenvalue weighted by Gasteiger charge is 2.09. The van der Waals surface area contributed by atoms with Gasteiger partial charge in [-0.1, -0.05) is 72.3 Å². The van der Waals surface area contributed by atoms with Crippen LogP contribution < -0.4 is 5.43 Å². The van der Waals surface area contributed by atoms with Crippen LogP contribution in [0.3, 0.4) is 0 Å². The van der Waals surface area contributed by atoms with Gasteiger partial charge in [-0.15, -0.1) is 0 Å². The zero-order valence-electron chi connectivity index (χ0n) is 13.2. The second kappa shape index (κ2) is 8.08. The van der Waals surface area contributed by atoms with Crippen LogP contribution in [-0.2, 0) is 0 Å². The standard InChI is InChI=1S/C19H15ClN4O/c20-16(11-14-7-3-1-4-8-14)13-21-24-19(25)18-12-17(22-23-18)15-9-5-2-6-10-15/h1-13H,(H,22,23)(H,24,25)/b16-11-,21-13+. The number of carbonyl (C=O) groups is 1. The smallest absolute Gasteiger partial charge is 0.272 e. The predicted molar refractivity (Wildman–Crippen MR) is 100 cm³/mol. The summed E-state index contributed by atoms with van der Waals surface area (Å²) in [6.45, 7) is 0. The van der Waals surface area contributed by atoms with E-state index in [1.54, 1.807) is 12.1 Å². The van der Waals surface area contributed by atoms with Gasteiger partial charge >= 0.3 is 0 Å². The summed E-state index contributed by atoms with van der Waals surface area (Å²) in [6, 6.07) is 20.9. The molecule has 124 valence electrons. The van der Waals surface area contributed by atoms with Crippen molar-refractivity contribution in [1.82, 2.24) is 15.6 Å². The first-order chi connectivity index (χ1) is 12.2. The van der Waals surface area contributed by atoms with Gasteiger partial charge in [0.15, 0.2) is 0 Å². The van der Waals surface area contributed by atoms with Crippen LogP contribution in [0.15, 0.2) is 76.9 Å². The molecule has 1 amide bonds. The Balaban J connectivity index is 1.61. The molecule has 0 fully saturated rings. The number of hydrazone groups is 1. The molecule has 1 aromatic heterocycles. The van der Waals surface area contributed by atoms with Gasteiger partial charge in [0.25, 0.3) is 5.91 Å². The molecule has 0 aliphatic carbocycles. The van der Waals surface area contributed by atoms with E-state index < -0.39 is 5.91 Å². The van der Waals surface area contributed by atoms with Crippen LogP contribution in [-0.4, -0.2) is 22.3 Å². The normalized spacial score (nSPS) is 11.6. The Morgan fingerprint density at radius 1 is 1.08 bits per heavy atom. The molecule has 25 heavy (non-hydrogen) atoms. The monoisotopic (exact) mass is 350 g/mol. The Morgan fingerprint density at radius 3 is 2.48 bits per heavy atom. The number of nitrogens with zero attached hydrogens (tertiary/aromatic N) is 2. The van der Waals surface area contributed by atoms with Gasteiger partial charge in [0.1, 0.15) is 5.69 Å². The van der Waals surface area contributed by atoms with E-state index in [9.17, 15) is 4.79 Å². The van der Waals surface area contributed by atoms with E-state index in [4.69, 9.17) is 11.6 Å². The molecule has 0 radical (unpaired) electrons. The maximum atomic E-state index is 12.1. The maximum absolute atomic E-state index is 12.1. The molecule has 2 aromatic carbocycles. The van der Waals surface area contributed by atoms with Gasteiger partial charge in [-0.25, -0.2) is 5.43 Å². The molecule has 5 nitrogen and oxygen atoms in total. The lowest BCUT2D eigenvalue weighted by molar-refractivity contribution is 0.0950. The minimum absolute atomic E-state index is 0.319. The van der Waals surface area contributed by atoms with Crippen LogP contribution in [0.2, 0.25) is 0 Å². The van der Waals surface area contributed by atoms with Crippen molar-refractivity contribution >= 4 is 29.8 Å². The van der Waals surface area contributed by atoms with E-state index in [0.717, 1.165) is 11.1 Å². The maximum Gasteiger partial charge on any atom is 0.289 e. The number of carbonyl (C=O) groups excluding carboxylic acids is 1. The fourth-order valence-corrected chi connectivity index (χ4v) is 2.33. The van der Waals surface area contributed by atoms with Crippen LogP contribution in [0, 0.1) is 0 Å². The molecule has 0 atom stereocenters. The highest BCUT2D eigenvalue weighted by molar-refractivity contribution is 6.41. The van der Waals surface area contributed by atoms with E-state index in [1.807, 2.05) is 60.7 Å². The Kier molecular flexibility index (Phi) is 5.39. The topological polar surface area (TPSA) is 70.1 Å². The first-order valence-electron chi connectivity index (χ1n) is 7.59. The van der Waals surface area contributed by atoms with Crippen molar-refractivity contribution in [3.63, 3.8) is 0 Å². The van der Waals surface area contributed by atoms with Gasteiger partial charge in [0.2, 0.25) is 0 Å².